The second-order valence-corrected chi connectivity index (χ2v) is 5.24. The number of carbonyl (C=O) groups is 1. The molecule has 0 bridgehead atoms. The number of hydrogen-bond donors (Lipinski definition) is 0. The van der Waals surface area contributed by atoms with Crippen molar-refractivity contribution in [3.05, 3.63) is 65.0 Å². The number of carbonyl (C=O) groups excluding carboxylic acids is 1. The highest BCUT2D eigenvalue weighted by atomic mass is 16.1. The summed E-state index contributed by atoms with van der Waals surface area (Å²) in [4.78, 5) is 15.7. The molecule has 0 aliphatic rings. The quantitative estimate of drug-likeness (QED) is 0.681. The van der Waals surface area contributed by atoms with Crippen LogP contribution in [0.2, 0.25) is 0 Å². The molecule has 3 aromatic rings. The highest BCUT2D eigenvalue weighted by molar-refractivity contribution is 5.76. The fraction of sp³-hybridized carbons (Fsp3) is 0.222. The van der Waals surface area contributed by atoms with Crippen molar-refractivity contribution in [2.45, 2.75) is 26.8 Å². The summed E-state index contributed by atoms with van der Waals surface area (Å²) in [6, 6.07) is 14.0. The SMILES string of the molecule is CCn1c(Cc2cc(C=O)ccc2C)nc2ccccc21. The molecular weight excluding hydrogens is 260 g/mol. The molecule has 0 atom stereocenters. The first-order chi connectivity index (χ1) is 10.2. The van der Waals surface area contributed by atoms with Gasteiger partial charge in [-0.1, -0.05) is 24.3 Å². The number of fused-ring (bicyclic) bond motifs is 1. The molecule has 3 heteroatoms. The van der Waals surface area contributed by atoms with E-state index in [1.807, 2.05) is 36.4 Å². The third kappa shape index (κ3) is 2.47. The molecule has 0 saturated carbocycles. The molecule has 3 nitrogen and oxygen atoms in total. The second-order valence-electron chi connectivity index (χ2n) is 5.24. The van der Waals surface area contributed by atoms with Gasteiger partial charge < -0.3 is 4.57 Å². The maximum atomic E-state index is 11.0. The van der Waals surface area contributed by atoms with Gasteiger partial charge in [0.25, 0.3) is 0 Å². The van der Waals surface area contributed by atoms with Crippen molar-refractivity contribution < 1.29 is 4.79 Å². The third-order valence-corrected chi connectivity index (χ3v) is 3.91. The van der Waals surface area contributed by atoms with E-state index < -0.39 is 0 Å². The molecule has 0 saturated heterocycles. The molecule has 1 aromatic heterocycles. The van der Waals surface area contributed by atoms with Crippen LogP contribution in [0.1, 0.15) is 34.2 Å². The predicted molar refractivity (Wildman–Crippen MR) is 84.8 cm³/mol. The average Bonchev–Trinajstić information content (AvgIpc) is 2.86. The lowest BCUT2D eigenvalue weighted by atomic mass is 10.0. The van der Waals surface area contributed by atoms with Crippen molar-refractivity contribution in [3.63, 3.8) is 0 Å². The van der Waals surface area contributed by atoms with Crippen molar-refractivity contribution in [3.8, 4) is 0 Å². The van der Waals surface area contributed by atoms with Crippen molar-refractivity contribution in [1.29, 1.82) is 0 Å². The molecule has 21 heavy (non-hydrogen) atoms. The van der Waals surface area contributed by atoms with Gasteiger partial charge in [-0.3, -0.25) is 4.79 Å². The summed E-state index contributed by atoms with van der Waals surface area (Å²) >= 11 is 0. The molecule has 2 aromatic carbocycles. The number of aldehydes is 1. The summed E-state index contributed by atoms with van der Waals surface area (Å²) in [5.74, 6) is 1.05. The molecule has 106 valence electrons. The summed E-state index contributed by atoms with van der Waals surface area (Å²) in [6.07, 6.45) is 1.64. The number of para-hydroxylation sites is 2. The fourth-order valence-electron chi connectivity index (χ4n) is 2.74. The van der Waals surface area contributed by atoms with Crippen LogP contribution in [0, 0.1) is 6.92 Å². The lowest BCUT2D eigenvalue weighted by molar-refractivity contribution is 0.112. The normalized spacial score (nSPS) is 11.0. The number of aryl methyl sites for hydroxylation is 2. The summed E-state index contributed by atoms with van der Waals surface area (Å²) < 4.78 is 2.24. The number of nitrogens with zero attached hydrogens (tertiary/aromatic N) is 2. The van der Waals surface area contributed by atoms with Crippen molar-refractivity contribution in [2.24, 2.45) is 0 Å². The zero-order chi connectivity index (χ0) is 14.8. The number of hydrogen-bond acceptors (Lipinski definition) is 2. The number of aromatic nitrogens is 2. The number of rotatable bonds is 4. The zero-order valence-corrected chi connectivity index (χ0v) is 12.3. The van der Waals surface area contributed by atoms with Crippen molar-refractivity contribution in [1.82, 2.24) is 9.55 Å². The summed E-state index contributed by atoms with van der Waals surface area (Å²) in [5.41, 5.74) is 5.26. The van der Waals surface area contributed by atoms with Crippen molar-refractivity contribution in [2.75, 3.05) is 0 Å². The number of imidazole rings is 1. The lowest BCUT2D eigenvalue weighted by Gasteiger charge is -2.09. The Labute approximate surface area is 124 Å². The van der Waals surface area contributed by atoms with E-state index in [1.165, 1.54) is 11.1 Å². The van der Waals surface area contributed by atoms with Crippen LogP contribution in [0.25, 0.3) is 11.0 Å². The molecule has 0 unspecified atom stereocenters. The van der Waals surface area contributed by atoms with Crippen LogP contribution in [-0.4, -0.2) is 15.8 Å². The summed E-state index contributed by atoms with van der Waals surface area (Å²) in [7, 11) is 0. The molecule has 3 rings (SSSR count). The van der Waals surface area contributed by atoms with Gasteiger partial charge in [0.1, 0.15) is 12.1 Å². The second kappa shape index (κ2) is 5.52. The minimum Gasteiger partial charge on any atom is -0.328 e. The maximum Gasteiger partial charge on any atom is 0.150 e. The van der Waals surface area contributed by atoms with Crippen LogP contribution in [0.3, 0.4) is 0 Å². The monoisotopic (exact) mass is 278 g/mol. The van der Waals surface area contributed by atoms with Gasteiger partial charge in [0.05, 0.1) is 11.0 Å². The van der Waals surface area contributed by atoms with E-state index in [0.717, 1.165) is 41.7 Å². The Morgan fingerprint density at radius 2 is 2.00 bits per heavy atom. The highest BCUT2D eigenvalue weighted by Crippen LogP contribution is 2.20. The topological polar surface area (TPSA) is 34.9 Å². The molecule has 0 aliphatic heterocycles. The van der Waals surface area contributed by atoms with Crippen LogP contribution in [0.4, 0.5) is 0 Å². The van der Waals surface area contributed by atoms with Gasteiger partial charge in [0.15, 0.2) is 0 Å². The van der Waals surface area contributed by atoms with Crippen LogP contribution in [-0.2, 0) is 13.0 Å². The Kier molecular flexibility index (Phi) is 3.57. The van der Waals surface area contributed by atoms with E-state index in [2.05, 4.69) is 24.5 Å². The molecule has 1 heterocycles. The van der Waals surface area contributed by atoms with E-state index >= 15 is 0 Å². The fourth-order valence-corrected chi connectivity index (χ4v) is 2.74. The van der Waals surface area contributed by atoms with Gasteiger partial charge in [-0.05, 0) is 43.2 Å². The Balaban J connectivity index is 2.07. The third-order valence-electron chi connectivity index (χ3n) is 3.91. The molecule has 0 amide bonds. The molecule has 0 aliphatic carbocycles. The van der Waals surface area contributed by atoms with Gasteiger partial charge in [-0.15, -0.1) is 0 Å². The van der Waals surface area contributed by atoms with Gasteiger partial charge in [0, 0.05) is 18.5 Å². The Bertz CT molecular complexity index is 802. The molecule has 0 N–H and O–H groups in total. The summed E-state index contributed by atoms with van der Waals surface area (Å²) in [6.45, 7) is 5.09. The largest absolute Gasteiger partial charge is 0.328 e. The first-order valence-corrected chi connectivity index (χ1v) is 7.21. The average molecular weight is 278 g/mol. The molecular formula is C18H18N2O. The van der Waals surface area contributed by atoms with Crippen molar-refractivity contribution >= 4 is 17.3 Å². The first kappa shape index (κ1) is 13.6. The van der Waals surface area contributed by atoms with Gasteiger partial charge >= 0.3 is 0 Å². The highest BCUT2D eigenvalue weighted by Gasteiger charge is 2.11. The molecule has 0 fully saturated rings. The Morgan fingerprint density at radius 1 is 1.19 bits per heavy atom. The van der Waals surface area contributed by atoms with Crippen LogP contribution < -0.4 is 0 Å². The van der Waals surface area contributed by atoms with Gasteiger partial charge in [0.2, 0.25) is 0 Å². The minimum atomic E-state index is 0.717. The first-order valence-electron chi connectivity index (χ1n) is 7.21. The smallest absolute Gasteiger partial charge is 0.150 e. The van der Waals surface area contributed by atoms with Crippen LogP contribution >= 0.6 is 0 Å². The maximum absolute atomic E-state index is 11.0. The summed E-state index contributed by atoms with van der Waals surface area (Å²) in [5, 5.41) is 0. The zero-order valence-electron chi connectivity index (χ0n) is 12.3. The predicted octanol–water partition coefficient (Wildman–Crippen LogP) is 3.77. The van der Waals surface area contributed by atoms with Gasteiger partial charge in [-0.25, -0.2) is 4.98 Å². The Morgan fingerprint density at radius 3 is 2.76 bits per heavy atom. The van der Waals surface area contributed by atoms with E-state index in [1.54, 1.807) is 0 Å². The minimum absolute atomic E-state index is 0.717. The van der Waals surface area contributed by atoms with Crippen LogP contribution in [0.5, 0.6) is 0 Å². The Hall–Kier alpha value is -2.42. The van der Waals surface area contributed by atoms with E-state index in [-0.39, 0.29) is 0 Å². The molecule has 0 spiro atoms. The van der Waals surface area contributed by atoms with E-state index in [4.69, 9.17) is 4.98 Å². The van der Waals surface area contributed by atoms with Crippen LogP contribution in [0.15, 0.2) is 42.5 Å². The van der Waals surface area contributed by atoms with Gasteiger partial charge in [-0.2, -0.15) is 0 Å². The standard InChI is InChI=1S/C18H18N2O/c1-3-20-17-7-5-4-6-16(17)19-18(20)11-15-10-14(12-21)9-8-13(15)2/h4-10,12H,3,11H2,1-2H3. The van der Waals surface area contributed by atoms with E-state index in [9.17, 15) is 4.79 Å². The lowest BCUT2D eigenvalue weighted by Crippen LogP contribution is -2.04. The number of benzene rings is 2. The molecule has 0 radical (unpaired) electrons. The van der Waals surface area contributed by atoms with E-state index in [0.29, 0.717) is 0 Å².